The van der Waals surface area contributed by atoms with Crippen LogP contribution in [0.5, 0.6) is 0 Å². The molecule has 0 aromatic heterocycles. The van der Waals surface area contributed by atoms with Gasteiger partial charge in [0, 0.05) is 11.7 Å². The Morgan fingerprint density at radius 3 is 2.44 bits per heavy atom. The number of carbonyl (C=O) groups excluding carboxylic acids is 3. The summed E-state index contributed by atoms with van der Waals surface area (Å²) < 4.78 is 0. The zero-order chi connectivity index (χ0) is 20.0. The molecule has 0 bridgehead atoms. The van der Waals surface area contributed by atoms with E-state index in [1.165, 1.54) is 17.7 Å². The molecule has 2 atom stereocenters. The maximum absolute atomic E-state index is 12.7. The molecule has 148 valence electrons. The molecule has 4 amide bonds. The van der Waals surface area contributed by atoms with Crippen molar-refractivity contribution in [3.05, 3.63) is 29.8 Å². The monoisotopic (exact) mass is 373 g/mol. The molecule has 0 radical (unpaired) electrons. The third-order valence-corrected chi connectivity index (χ3v) is 4.96. The highest BCUT2D eigenvalue weighted by atomic mass is 16.2. The number of amides is 4. The van der Waals surface area contributed by atoms with Crippen molar-refractivity contribution in [2.75, 3.05) is 11.4 Å². The summed E-state index contributed by atoms with van der Waals surface area (Å²) >= 11 is 0. The SMILES string of the molecule is CCCCCC[C@@H](C)NC(=O)CN1C(=O)[C@H](C)N(c2ccc(C)cc2)C1=O. The highest BCUT2D eigenvalue weighted by molar-refractivity contribution is 6.15. The number of anilines is 1. The molecule has 1 aliphatic rings. The fourth-order valence-corrected chi connectivity index (χ4v) is 3.32. The summed E-state index contributed by atoms with van der Waals surface area (Å²) in [6, 6.07) is 6.41. The van der Waals surface area contributed by atoms with Crippen molar-refractivity contribution in [2.45, 2.75) is 71.9 Å². The van der Waals surface area contributed by atoms with Gasteiger partial charge in [-0.2, -0.15) is 0 Å². The van der Waals surface area contributed by atoms with Gasteiger partial charge in [-0.15, -0.1) is 0 Å². The Hall–Kier alpha value is -2.37. The van der Waals surface area contributed by atoms with Crippen LogP contribution in [0.15, 0.2) is 24.3 Å². The third kappa shape index (κ3) is 5.31. The van der Waals surface area contributed by atoms with Crippen LogP contribution in [0, 0.1) is 6.92 Å². The van der Waals surface area contributed by atoms with Crippen LogP contribution in [0.1, 0.15) is 58.4 Å². The maximum Gasteiger partial charge on any atom is 0.332 e. The maximum atomic E-state index is 12.7. The van der Waals surface area contributed by atoms with E-state index in [0.717, 1.165) is 29.7 Å². The quantitative estimate of drug-likeness (QED) is 0.531. The van der Waals surface area contributed by atoms with Gasteiger partial charge >= 0.3 is 6.03 Å². The highest BCUT2D eigenvalue weighted by Crippen LogP contribution is 2.25. The first kappa shape index (κ1) is 20.9. The largest absolute Gasteiger partial charge is 0.352 e. The van der Waals surface area contributed by atoms with Crippen molar-refractivity contribution in [1.82, 2.24) is 10.2 Å². The molecular weight excluding hydrogens is 342 g/mol. The lowest BCUT2D eigenvalue weighted by atomic mass is 10.1. The summed E-state index contributed by atoms with van der Waals surface area (Å²) in [5.74, 6) is -0.635. The summed E-state index contributed by atoms with van der Waals surface area (Å²) in [6.45, 7) is 7.54. The van der Waals surface area contributed by atoms with Gasteiger partial charge in [0.2, 0.25) is 5.91 Å². The average molecular weight is 373 g/mol. The topological polar surface area (TPSA) is 69.7 Å². The van der Waals surface area contributed by atoms with E-state index in [4.69, 9.17) is 0 Å². The molecule has 0 saturated carbocycles. The van der Waals surface area contributed by atoms with E-state index in [9.17, 15) is 14.4 Å². The molecule has 27 heavy (non-hydrogen) atoms. The van der Waals surface area contributed by atoms with Crippen LogP contribution in [0.4, 0.5) is 10.5 Å². The lowest BCUT2D eigenvalue weighted by molar-refractivity contribution is -0.132. The van der Waals surface area contributed by atoms with Crippen LogP contribution in [0.3, 0.4) is 0 Å². The second kappa shape index (κ2) is 9.53. The third-order valence-electron chi connectivity index (χ3n) is 4.96. The Kier molecular flexibility index (Phi) is 7.39. The number of nitrogens with zero attached hydrogens (tertiary/aromatic N) is 2. The van der Waals surface area contributed by atoms with Gasteiger partial charge in [-0.3, -0.25) is 19.4 Å². The number of hydrogen-bond acceptors (Lipinski definition) is 3. The minimum atomic E-state index is -0.612. The van der Waals surface area contributed by atoms with Crippen LogP contribution < -0.4 is 10.2 Å². The number of hydrogen-bond donors (Lipinski definition) is 1. The Labute approximate surface area is 161 Å². The molecule has 0 aliphatic carbocycles. The van der Waals surface area contributed by atoms with Crippen LogP contribution in [-0.4, -0.2) is 41.4 Å². The van der Waals surface area contributed by atoms with Crippen LogP contribution in [0.25, 0.3) is 0 Å². The number of urea groups is 1. The van der Waals surface area contributed by atoms with Crippen molar-refractivity contribution in [3.63, 3.8) is 0 Å². The van der Waals surface area contributed by atoms with Gasteiger partial charge in [0.15, 0.2) is 0 Å². The summed E-state index contributed by atoms with van der Waals surface area (Å²) in [6.07, 6.45) is 5.50. The molecule has 1 heterocycles. The molecule has 1 aliphatic heterocycles. The number of imide groups is 1. The van der Waals surface area contributed by atoms with E-state index in [1.54, 1.807) is 6.92 Å². The molecule has 1 fully saturated rings. The molecule has 1 N–H and O–H groups in total. The number of nitrogens with one attached hydrogen (secondary N) is 1. The highest BCUT2D eigenvalue weighted by Gasteiger charge is 2.44. The minimum absolute atomic E-state index is 0.0350. The summed E-state index contributed by atoms with van der Waals surface area (Å²) in [5, 5.41) is 2.90. The van der Waals surface area contributed by atoms with E-state index < -0.39 is 12.1 Å². The van der Waals surface area contributed by atoms with Gasteiger partial charge in [-0.25, -0.2) is 4.79 Å². The standard InChI is InChI=1S/C21H31N3O3/c1-5-6-7-8-9-16(3)22-19(25)14-23-20(26)17(4)24(21(23)27)18-12-10-15(2)11-13-18/h10-13,16-17H,5-9,14H2,1-4H3,(H,22,25)/t16-,17+/m1/s1. The molecule has 2 rings (SSSR count). The van der Waals surface area contributed by atoms with E-state index in [1.807, 2.05) is 38.1 Å². The number of carbonyl (C=O) groups is 3. The number of aryl methyl sites for hydroxylation is 1. The lowest BCUT2D eigenvalue weighted by Gasteiger charge is -2.20. The Bertz CT molecular complexity index is 672. The van der Waals surface area contributed by atoms with Gasteiger partial charge in [0.05, 0.1) is 0 Å². The van der Waals surface area contributed by atoms with E-state index >= 15 is 0 Å². The van der Waals surface area contributed by atoms with Crippen LogP contribution in [-0.2, 0) is 9.59 Å². The van der Waals surface area contributed by atoms with Crippen molar-refractivity contribution in [3.8, 4) is 0 Å². The van der Waals surface area contributed by atoms with Gasteiger partial charge in [0.25, 0.3) is 5.91 Å². The summed E-state index contributed by atoms with van der Waals surface area (Å²) in [5.41, 5.74) is 1.74. The molecule has 1 saturated heterocycles. The number of unbranched alkanes of at least 4 members (excludes halogenated alkanes) is 3. The normalized spacial score (nSPS) is 18.1. The minimum Gasteiger partial charge on any atom is -0.352 e. The van der Waals surface area contributed by atoms with Crippen molar-refractivity contribution >= 4 is 23.5 Å². The first-order valence-electron chi connectivity index (χ1n) is 9.85. The van der Waals surface area contributed by atoms with E-state index in [-0.39, 0.29) is 24.4 Å². The van der Waals surface area contributed by atoms with Crippen molar-refractivity contribution in [2.24, 2.45) is 0 Å². The zero-order valence-electron chi connectivity index (χ0n) is 16.8. The fourth-order valence-electron chi connectivity index (χ4n) is 3.32. The molecule has 1 aromatic rings. The average Bonchev–Trinajstić information content (AvgIpc) is 2.83. The van der Waals surface area contributed by atoms with Gasteiger partial charge in [-0.1, -0.05) is 50.3 Å². The molecule has 0 unspecified atom stereocenters. The van der Waals surface area contributed by atoms with Crippen molar-refractivity contribution in [1.29, 1.82) is 0 Å². The van der Waals surface area contributed by atoms with Crippen LogP contribution >= 0.6 is 0 Å². The first-order valence-corrected chi connectivity index (χ1v) is 9.85. The predicted octanol–water partition coefficient (Wildman–Crippen LogP) is 3.63. The second-order valence-corrected chi connectivity index (χ2v) is 7.41. The van der Waals surface area contributed by atoms with Gasteiger partial charge < -0.3 is 5.32 Å². The first-order chi connectivity index (χ1) is 12.8. The Morgan fingerprint density at radius 2 is 1.81 bits per heavy atom. The molecular formula is C21H31N3O3. The molecule has 1 aromatic carbocycles. The van der Waals surface area contributed by atoms with Gasteiger partial charge in [0.1, 0.15) is 12.6 Å². The van der Waals surface area contributed by atoms with Crippen LogP contribution in [0.2, 0.25) is 0 Å². The van der Waals surface area contributed by atoms with E-state index in [0.29, 0.717) is 5.69 Å². The predicted molar refractivity (Wildman–Crippen MR) is 107 cm³/mol. The molecule has 0 spiro atoms. The molecule has 6 heteroatoms. The Morgan fingerprint density at radius 1 is 1.15 bits per heavy atom. The smallest absolute Gasteiger partial charge is 0.332 e. The second-order valence-electron chi connectivity index (χ2n) is 7.41. The number of benzene rings is 1. The number of rotatable bonds is 9. The fraction of sp³-hybridized carbons (Fsp3) is 0.571. The van der Waals surface area contributed by atoms with E-state index in [2.05, 4.69) is 12.2 Å². The van der Waals surface area contributed by atoms with Crippen molar-refractivity contribution < 1.29 is 14.4 Å². The van der Waals surface area contributed by atoms with Gasteiger partial charge in [-0.05, 0) is 39.3 Å². The summed E-state index contributed by atoms with van der Waals surface area (Å²) in [4.78, 5) is 40.0. The summed E-state index contributed by atoms with van der Waals surface area (Å²) in [7, 11) is 0. The lowest BCUT2D eigenvalue weighted by Crippen LogP contribution is -2.44. The molecule has 6 nitrogen and oxygen atoms in total. The Balaban J connectivity index is 1.94. The zero-order valence-corrected chi connectivity index (χ0v) is 16.8.